The van der Waals surface area contributed by atoms with E-state index in [1.54, 1.807) is 24.3 Å². The molecule has 1 N–H and O–H groups in total. The van der Waals surface area contributed by atoms with Crippen molar-refractivity contribution in [1.29, 1.82) is 0 Å². The second kappa shape index (κ2) is 4.91. The summed E-state index contributed by atoms with van der Waals surface area (Å²) in [4.78, 5) is 11.4. The number of benzene rings is 2. The Bertz CT molecular complexity index is 865. The van der Waals surface area contributed by atoms with Gasteiger partial charge >= 0.3 is 12.1 Å². The van der Waals surface area contributed by atoms with E-state index < -0.39 is 17.7 Å². The zero-order valence-corrected chi connectivity index (χ0v) is 11.1. The average molecular weight is 305 g/mol. The van der Waals surface area contributed by atoms with E-state index in [1.165, 1.54) is 22.8 Å². The Hall–Kier alpha value is -2.76. The predicted molar refractivity (Wildman–Crippen MR) is 75.2 cm³/mol. The van der Waals surface area contributed by atoms with Crippen LogP contribution < -0.4 is 0 Å². The van der Waals surface area contributed by atoms with E-state index in [0.29, 0.717) is 10.9 Å². The van der Waals surface area contributed by atoms with Gasteiger partial charge in [-0.25, -0.2) is 4.79 Å². The van der Waals surface area contributed by atoms with Crippen molar-refractivity contribution in [2.75, 3.05) is 0 Å². The molecule has 22 heavy (non-hydrogen) atoms. The quantitative estimate of drug-likeness (QED) is 0.765. The first kappa shape index (κ1) is 14.2. The normalized spacial score (nSPS) is 11.8. The molecule has 0 bridgehead atoms. The number of nitrogens with zero attached hydrogens (tertiary/aromatic N) is 1. The number of aromatic nitrogens is 1. The molecule has 0 aliphatic heterocycles. The van der Waals surface area contributed by atoms with Crippen molar-refractivity contribution in [2.24, 2.45) is 0 Å². The van der Waals surface area contributed by atoms with Gasteiger partial charge in [0.25, 0.3) is 0 Å². The van der Waals surface area contributed by atoms with Crippen molar-refractivity contribution in [3.8, 4) is 5.69 Å². The van der Waals surface area contributed by atoms with E-state index in [-0.39, 0.29) is 11.4 Å². The first-order chi connectivity index (χ1) is 10.4. The standard InChI is InChI=1S/C16H10F3NO2/c17-16(18,19)11-5-3-6-12(9-11)20-13-7-2-1-4-10(13)8-14(20)15(21)22/h1-9H,(H,21,22). The summed E-state index contributed by atoms with van der Waals surface area (Å²) in [5.74, 6) is -1.20. The van der Waals surface area contributed by atoms with Crippen LogP contribution in [0.1, 0.15) is 16.1 Å². The highest BCUT2D eigenvalue weighted by molar-refractivity contribution is 5.96. The number of hydrogen-bond donors (Lipinski definition) is 1. The Morgan fingerprint density at radius 3 is 2.41 bits per heavy atom. The van der Waals surface area contributed by atoms with Gasteiger partial charge in [-0.3, -0.25) is 0 Å². The van der Waals surface area contributed by atoms with Crippen LogP contribution in [0.15, 0.2) is 54.6 Å². The summed E-state index contributed by atoms with van der Waals surface area (Å²) < 4.78 is 39.9. The molecule has 0 atom stereocenters. The van der Waals surface area contributed by atoms with E-state index in [1.807, 2.05) is 0 Å². The molecule has 112 valence electrons. The lowest BCUT2D eigenvalue weighted by Gasteiger charge is -2.12. The molecular weight excluding hydrogens is 295 g/mol. The summed E-state index contributed by atoms with van der Waals surface area (Å²) in [5, 5.41) is 9.96. The number of halogens is 3. The molecule has 0 radical (unpaired) electrons. The number of hydrogen-bond acceptors (Lipinski definition) is 1. The van der Waals surface area contributed by atoms with E-state index in [4.69, 9.17) is 0 Å². The number of fused-ring (bicyclic) bond motifs is 1. The molecular formula is C16H10F3NO2. The zero-order chi connectivity index (χ0) is 15.9. The fourth-order valence-corrected chi connectivity index (χ4v) is 2.41. The fraction of sp³-hybridized carbons (Fsp3) is 0.0625. The van der Waals surface area contributed by atoms with Crippen LogP contribution in [0.3, 0.4) is 0 Å². The van der Waals surface area contributed by atoms with E-state index >= 15 is 0 Å². The Morgan fingerprint density at radius 1 is 1.00 bits per heavy atom. The molecule has 0 saturated heterocycles. The molecule has 3 aromatic rings. The molecule has 6 heteroatoms. The molecule has 3 rings (SSSR count). The van der Waals surface area contributed by atoms with Gasteiger partial charge in [0.1, 0.15) is 5.69 Å². The highest BCUT2D eigenvalue weighted by Crippen LogP contribution is 2.32. The van der Waals surface area contributed by atoms with Crippen molar-refractivity contribution in [1.82, 2.24) is 4.57 Å². The molecule has 0 aliphatic rings. The lowest BCUT2D eigenvalue weighted by atomic mass is 10.2. The number of carboxylic acids is 1. The van der Waals surface area contributed by atoms with Crippen LogP contribution in [0, 0.1) is 0 Å². The highest BCUT2D eigenvalue weighted by Gasteiger charge is 2.31. The molecule has 0 fully saturated rings. The first-order valence-electron chi connectivity index (χ1n) is 6.39. The Kier molecular flexibility index (Phi) is 3.16. The number of para-hydroxylation sites is 1. The SMILES string of the molecule is O=C(O)c1cc2ccccc2n1-c1cccc(C(F)(F)F)c1. The van der Waals surface area contributed by atoms with Gasteiger partial charge in [0.2, 0.25) is 0 Å². The number of carbonyl (C=O) groups is 1. The number of rotatable bonds is 2. The second-order valence-electron chi connectivity index (χ2n) is 4.78. The maximum absolute atomic E-state index is 12.9. The van der Waals surface area contributed by atoms with Gasteiger partial charge in [0, 0.05) is 11.1 Å². The summed E-state index contributed by atoms with van der Waals surface area (Å²) in [6.07, 6.45) is -4.48. The van der Waals surface area contributed by atoms with Gasteiger partial charge in [-0.2, -0.15) is 13.2 Å². The predicted octanol–water partition coefficient (Wildman–Crippen LogP) is 4.35. The largest absolute Gasteiger partial charge is 0.477 e. The average Bonchev–Trinajstić information content (AvgIpc) is 2.86. The van der Waals surface area contributed by atoms with Gasteiger partial charge in [-0.05, 0) is 30.3 Å². The Labute approximate surface area is 123 Å². The first-order valence-corrected chi connectivity index (χ1v) is 6.39. The van der Waals surface area contributed by atoms with Crippen molar-refractivity contribution in [3.63, 3.8) is 0 Å². The lowest BCUT2D eigenvalue weighted by molar-refractivity contribution is -0.137. The van der Waals surface area contributed by atoms with Crippen LogP contribution in [0.2, 0.25) is 0 Å². The van der Waals surface area contributed by atoms with Crippen molar-refractivity contribution >= 4 is 16.9 Å². The van der Waals surface area contributed by atoms with Gasteiger partial charge in [-0.15, -0.1) is 0 Å². The number of alkyl halides is 3. The Morgan fingerprint density at radius 2 is 1.73 bits per heavy atom. The molecule has 2 aromatic carbocycles. The van der Waals surface area contributed by atoms with Gasteiger partial charge in [0.05, 0.1) is 11.1 Å². The van der Waals surface area contributed by atoms with Crippen LogP contribution in [0.4, 0.5) is 13.2 Å². The van der Waals surface area contributed by atoms with Crippen molar-refractivity contribution in [3.05, 3.63) is 65.9 Å². The second-order valence-corrected chi connectivity index (χ2v) is 4.78. The maximum Gasteiger partial charge on any atom is 0.416 e. The lowest BCUT2D eigenvalue weighted by Crippen LogP contribution is -2.09. The molecule has 1 aromatic heterocycles. The van der Waals surface area contributed by atoms with E-state index in [2.05, 4.69) is 0 Å². The minimum atomic E-state index is -4.48. The third kappa shape index (κ3) is 2.32. The van der Waals surface area contributed by atoms with Crippen LogP contribution in [0.5, 0.6) is 0 Å². The van der Waals surface area contributed by atoms with Gasteiger partial charge in [0.15, 0.2) is 0 Å². The highest BCUT2D eigenvalue weighted by atomic mass is 19.4. The summed E-state index contributed by atoms with van der Waals surface area (Å²) in [6, 6.07) is 12.9. The smallest absolute Gasteiger partial charge is 0.416 e. The van der Waals surface area contributed by atoms with Crippen LogP contribution >= 0.6 is 0 Å². The van der Waals surface area contributed by atoms with E-state index in [9.17, 15) is 23.1 Å². The number of aromatic carboxylic acids is 1. The fourth-order valence-electron chi connectivity index (χ4n) is 2.41. The molecule has 1 heterocycles. The summed E-state index contributed by atoms with van der Waals surface area (Å²) >= 11 is 0. The molecule has 0 amide bonds. The van der Waals surface area contributed by atoms with Crippen LogP contribution in [-0.4, -0.2) is 15.6 Å². The van der Waals surface area contributed by atoms with Crippen LogP contribution in [-0.2, 0) is 6.18 Å². The summed E-state index contributed by atoms with van der Waals surface area (Å²) in [7, 11) is 0. The minimum absolute atomic E-state index is 0.0828. The molecule has 0 aliphatic carbocycles. The number of carboxylic acid groups (broad SMARTS) is 1. The van der Waals surface area contributed by atoms with Gasteiger partial charge in [-0.1, -0.05) is 24.3 Å². The third-order valence-electron chi connectivity index (χ3n) is 3.36. The zero-order valence-electron chi connectivity index (χ0n) is 11.1. The van der Waals surface area contributed by atoms with Crippen molar-refractivity contribution < 1.29 is 23.1 Å². The molecule has 0 saturated carbocycles. The topological polar surface area (TPSA) is 42.2 Å². The van der Waals surface area contributed by atoms with E-state index in [0.717, 1.165) is 12.1 Å². The maximum atomic E-state index is 12.9. The third-order valence-corrected chi connectivity index (χ3v) is 3.36. The minimum Gasteiger partial charge on any atom is -0.477 e. The van der Waals surface area contributed by atoms with Gasteiger partial charge < -0.3 is 9.67 Å². The Balaban J connectivity index is 2.30. The van der Waals surface area contributed by atoms with Crippen molar-refractivity contribution in [2.45, 2.75) is 6.18 Å². The summed E-state index contributed by atoms with van der Waals surface area (Å²) in [5.41, 5.74) is -0.202. The summed E-state index contributed by atoms with van der Waals surface area (Å²) in [6.45, 7) is 0. The molecule has 0 spiro atoms. The monoisotopic (exact) mass is 305 g/mol. The molecule has 3 nitrogen and oxygen atoms in total. The molecule has 0 unspecified atom stereocenters. The van der Waals surface area contributed by atoms with Crippen LogP contribution in [0.25, 0.3) is 16.6 Å².